The van der Waals surface area contributed by atoms with E-state index in [1.54, 1.807) is 6.07 Å². The molecule has 0 aromatic heterocycles. The van der Waals surface area contributed by atoms with Crippen LogP contribution in [0, 0.1) is 11.3 Å². The zero-order valence-corrected chi connectivity index (χ0v) is 9.70. The normalized spacial score (nSPS) is 19.9. The summed E-state index contributed by atoms with van der Waals surface area (Å²) in [4.78, 5) is 13.0. The number of carbonyl (C=O) groups excluding carboxylic acids is 1. The fraction of sp³-hybridized carbons (Fsp3) is 0.778. The molecule has 0 radical (unpaired) electrons. The van der Waals surface area contributed by atoms with Crippen molar-refractivity contribution in [2.75, 3.05) is 37.7 Å². The van der Waals surface area contributed by atoms with Crippen LogP contribution < -0.4 is 0 Å². The highest BCUT2D eigenvalue weighted by Gasteiger charge is 2.21. The molecule has 0 amide bonds. The molecule has 1 aliphatic heterocycles. The molecule has 6 nitrogen and oxygen atoms in total. The van der Waals surface area contributed by atoms with E-state index in [4.69, 9.17) is 5.26 Å². The van der Waals surface area contributed by atoms with Crippen molar-refractivity contribution >= 4 is 15.8 Å². The van der Waals surface area contributed by atoms with Gasteiger partial charge in [0.1, 0.15) is 6.07 Å². The number of ether oxygens (including phenoxy) is 1. The van der Waals surface area contributed by atoms with Gasteiger partial charge in [0.05, 0.1) is 17.9 Å². The van der Waals surface area contributed by atoms with Crippen LogP contribution in [0.5, 0.6) is 0 Å². The Morgan fingerprint density at radius 3 is 2.56 bits per heavy atom. The lowest BCUT2D eigenvalue weighted by molar-refractivity contribution is -0.142. The Balaban J connectivity index is 2.20. The van der Waals surface area contributed by atoms with Gasteiger partial charge in [-0.05, 0) is 0 Å². The Morgan fingerprint density at radius 2 is 2.00 bits per heavy atom. The minimum Gasteiger partial charge on any atom is -0.450 e. The molecule has 1 saturated heterocycles. The number of nitrogens with zero attached hydrogens (tertiary/aromatic N) is 2. The minimum atomic E-state index is -2.87. The Bertz CT molecular complexity index is 371. The van der Waals surface area contributed by atoms with Crippen LogP contribution in [0.4, 0.5) is 0 Å². The van der Waals surface area contributed by atoms with Crippen LogP contribution in [-0.4, -0.2) is 57.0 Å². The van der Waals surface area contributed by atoms with E-state index in [2.05, 4.69) is 4.74 Å². The third kappa shape index (κ3) is 4.59. The third-order valence-corrected chi connectivity index (χ3v) is 3.98. The second-order valence-corrected chi connectivity index (χ2v) is 5.87. The van der Waals surface area contributed by atoms with Crippen molar-refractivity contribution in [3.63, 3.8) is 0 Å². The average molecular weight is 246 g/mol. The Morgan fingerprint density at radius 1 is 1.38 bits per heavy atom. The molecule has 16 heavy (non-hydrogen) atoms. The van der Waals surface area contributed by atoms with Gasteiger partial charge in [-0.2, -0.15) is 5.26 Å². The summed E-state index contributed by atoms with van der Waals surface area (Å²) in [5.41, 5.74) is 0. The van der Waals surface area contributed by atoms with Crippen molar-refractivity contribution in [2.45, 2.75) is 6.42 Å². The van der Waals surface area contributed by atoms with E-state index in [9.17, 15) is 13.2 Å². The van der Waals surface area contributed by atoms with Crippen LogP contribution in [0.25, 0.3) is 0 Å². The topological polar surface area (TPSA) is 87.5 Å². The maximum Gasteiger partial charge on any atom is 0.308 e. The smallest absolute Gasteiger partial charge is 0.308 e. The molecule has 90 valence electrons. The molecule has 0 unspecified atom stereocenters. The maximum absolute atomic E-state index is 11.1. The van der Waals surface area contributed by atoms with Crippen molar-refractivity contribution in [3.05, 3.63) is 0 Å². The zero-order valence-electron chi connectivity index (χ0n) is 8.89. The molecule has 0 saturated carbocycles. The quantitative estimate of drug-likeness (QED) is 0.602. The summed E-state index contributed by atoms with van der Waals surface area (Å²) in [6, 6.07) is 1.71. The first-order valence-corrected chi connectivity index (χ1v) is 6.81. The first-order chi connectivity index (χ1) is 7.53. The standard InChI is InChI=1S/C9H14N2O4S/c10-2-6-15-9(12)1-3-11-4-7-16(13,14)8-5-11/h1,3-8H2. The molecular weight excluding hydrogens is 232 g/mol. The first-order valence-electron chi connectivity index (χ1n) is 4.99. The molecule has 1 fully saturated rings. The highest BCUT2D eigenvalue weighted by atomic mass is 32.2. The number of nitriles is 1. The van der Waals surface area contributed by atoms with Crippen molar-refractivity contribution in [1.29, 1.82) is 5.26 Å². The minimum absolute atomic E-state index is 0.153. The second kappa shape index (κ2) is 5.82. The van der Waals surface area contributed by atoms with Gasteiger partial charge in [-0.1, -0.05) is 0 Å². The molecule has 1 rings (SSSR count). The van der Waals surface area contributed by atoms with E-state index in [1.807, 2.05) is 4.90 Å². The molecule has 0 bridgehead atoms. The summed E-state index contributed by atoms with van der Waals surface area (Å²) in [5.74, 6) is -0.115. The summed E-state index contributed by atoms with van der Waals surface area (Å²) in [6.45, 7) is 1.19. The van der Waals surface area contributed by atoms with E-state index in [0.717, 1.165) is 0 Å². The SMILES string of the molecule is N#CCOC(=O)CCN1CCS(=O)(=O)CC1. The van der Waals surface area contributed by atoms with Gasteiger partial charge in [-0.25, -0.2) is 8.42 Å². The van der Waals surface area contributed by atoms with Crippen molar-refractivity contribution in [1.82, 2.24) is 4.90 Å². The summed E-state index contributed by atoms with van der Waals surface area (Å²) in [5, 5.41) is 8.19. The van der Waals surface area contributed by atoms with Crippen LogP contribution in [-0.2, 0) is 19.4 Å². The second-order valence-electron chi connectivity index (χ2n) is 3.56. The van der Waals surface area contributed by atoms with E-state index in [1.165, 1.54) is 0 Å². The highest BCUT2D eigenvalue weighted by molar-refractivity contribution is 7.91. The van der Waals surface area contributed by atoms with Crippen molar-refractivity contribution in [2.24, 2.45) is 0 Å². The van der Waals surface area contributed by atoms with Crippen LogP contribution in [0.3, 0.4) is 0 Å². The Kier molecular flexibility index (Phi) is 4.71. The molecule has 0 spiro atoms. The summed E-state index contributed by atoms with van der Waals surface area (Å²) in [7, 11) is -2.87. The zero-order chi connectivity index (χ0) is 12.0. The van der Waals surface area contributed by atoms with Gasteiger partial charge in [-0.15, -0.1) is 0 Å². The predicted molar refractivity (Wildman–Crippen MR) is 56.3 cm³/mol. The van der Waals surface area contributed by atoms with Gasteiger partial charge in [-0.3, -0.25) is 4.79 Å². The monoisotopic (exact) mass is 246 g/mol. The molecule has 1 heterocycles. The van der Waals surface area contributed by atoms with Crippen LogP contribution in [0.15, 0.2) is 0 Å². The third-order valence-electron chi connectivity index (χ3n) is 2.37. The molecule has 0 N–H and O–H groups in total. The van der Waals surface area contributed by atoms with E-state index >= 15 is 0 Å². The van der Waals surface area contributed by atoms with Crippen LogP contribution in [0.1, 0.15) is 6.42 Å². The molecular formula is C9H14N2O4S. The number of hydrogen-bond donors (Lipinski definition) is 0. The lowest BCUT2D eigenvalue weighted by atomic mass is 10.3. The summed E-state index contributed by atoms with van der Waals surface area (Å²) in [6.07, 6.45) is 0.196. The predicted octanol–water partition coefficient (Wildman–Crippen LogP) is -0.826. The Labute approximate surface area is 94.7 Å². The van der Waals surface area contributed by atoms with Crippen LogP contribution >= 0.6 is 0 Å². The highest BCUT2D eigenvalue weighted by Crippen LogP contribution is 2.04. The number of carbonyl (C=O) groups is 1. The number of sulfone groups is 1. The fourth-order valence-electron chi connectivity index (χ4n) is 1.41. The summed E-state index contributed by atoms with van der Waals surface area (Å²) >= 11 is 0. The summed E-state index contributed by atoms with van der Waals surface area (Å²) < 4.78 is 26.8. The van der Waals surface area contributed by atoms with Gasteiger partial charge in [0.25, 0.3) is 0 Å². The van der Waals surface area contributed by atoms with Crippen LogP contribution in [0.2, 0.25) is 0 Å². The van der Waals surface area contributed by atoms with Gasteiger partial charge >= 0.3 is 5.97 Å². The van der Waals surface area contributed by atoms with E-state index < -0.39 is 15.8 Å². The Hall–Kier alpha value is -1.13. The van der Waals surface area contributed by atoms with Gasteiger partial charge < -0.3 is 9.64 Å². The van der Waals surface area contributed by atoms with E-state index in [0.29, 0.717) is 19.6 Å². The largest absolute Gasteiger partial charge is 0.450 e. The molecule has 0 aromatic carbocycles. The lowest BCUT2D eigenvalue weighted by Crippen LogP contribution is -2.41. The van der Waals surface area contributed by atoms with Gasteiger partial charge in [0, 0.05) is 19.6 Å². The molecule has 0 aromatic rings. The number of esters is 1. The number of hydrogen-bond acceptors (Lipinski definition) is 6. The van der Waals surface area contributed by atoms with Gasteiger partial charge in [0.2, 0.25) is 0 Å². The molecule has 7 heteroatoms. The molecule has 0 aliphatic carbocycles. The lowest BCUT2D eigenvalue weighted by Gasteiger charge is -2.25. The fourth-order valence-corrected chi connectivity index (χ4v) is 2.69. The van der Waals surface area contributed by atoms with Crippen molar-refractivity contribution in [3.8, 4) is 6.07 Å². The van der Waals surface area contributed by atoms with E-state index in [-0.39, 0.29) is 24.5 Å². The molecule has 0 atom stereocenters. The first kappa shape index (κ1) is 12.9. The number of rotatable bonds is 4. The average Bonchev–Trinajstić information content (AvgIpc) is 2.25. The molecule has 1 aliphatic rings. The maximum atomic E-state index is 11.1. The van der Waals surface area contributed by atoms with Gasteiger partial charge in [0.15, 0.2) is 16.4 Å². The van der Waals surface area contributed by atoms with Crippen molar-refractivity contribution < 1.29 is 17.9 Å².